The monoisotopic (exact) mass is 955 g/mol. The lowest BCUT2D eigenvalue weighted by molar-refractivity contribution is -0.694. The van der Waals surface area contributed by atoms with Crippen molar-refractivity contribution in [3.05, 3.63) is 181 Å². The van der Waals surface area contributed by atoms with E-state index in [-0.39, 0.29) is 5.78 Å². The molecular weight excluding hydrogens is 945 g/mol. The highest BCUT2D eigenvalue weighted by Gasteiger charge is 2.52. The number of ketones is 1. The van der Waals surface area contributed by atoms with Gasteiger partial charge in [0.1, 0.15) is 52.7 Å². The molecule has 0 aliphatic rings. The summed E-state index contributed by atoms with van der Waals surface area (Å²) in [5.41, 5.74) is -13.6. The molecule has 0 aliphatic heterocycles. The lowest BCUT2D eigenvalue weighted by atomic mass is 9.12. The van der Waals surface area contributed by atoms with Crippen LogP contribution in [0.5, 0.6) is 0 Å². The van der Waals surface area contributed by atoms with Crippen LogP contribution in [-0.4, -0.2) is 11.9 Å². The fourth-order valence-electron chi connectivity index (χ4n) is 6.33. The lowest BCUT2D eigenvalue weighted by Crippen LogP contribution is -2.81. The Hall–Kier alpha value is -5.94. The van der Waals surface area contributed by atoms with Crippen LogP contribution in [0.2, 0.25) is 0 Å². The van der Waals surface area contributed by atoms with E-state index in [0.29, 0.717) is 6.54 Å². The fraction of sp³-hybridized carbons (Fsp3) is 0.0270. The normalized spacial score (nSPS) is 11.5. The number of halogens is 21. The molecule has 0 saturated heterocycles. The van der Waals surface area contributed by atoms with Gasteiger partial charge in [0, 0.05) is 33.6 Å². The van der Waals surface area contributed by atoms with Gasteiger partial charge in [0.15, 0.2) is 76.0 Å². The molecule has 0 N–H and O–H groups in total. The van der Waals surface area contributed by atoms with E-state index in [1.807, 2.05) is 59.3 Å². The number of carbonyl (C=O) groups excluding carboxylic acids is 1. The van der Waals surface area contributed by atoms with Crippen molar-refractivity contribution < 1.29 is 97.2 Å². The second kappa shape index (κ2) is 17.2. The Balaban J connectivity index is 0.000000366. The standard InChI is InChI=1S/C24BF20.C13H11BrNO/c26-5-1(6(27)14(35)21(42)13(5)34)25(2-7(28)15(36)22(43)16(37)8(2)29,3-9(30)17(38)23(44)18(39)10(3)31)4-11(32)19(40)24(45)20(41)12(4)33;14-13-8-4-5-9-15(13)10-12(16)11-6-2-1-3-7-11/h;1-9H,10H2/q-1;+1. The van der Waals surface area contributed by atoms with E-state index < -0.39 is 144 Å². The van der Waals surface area contributed by atoms with Gasteiger partial charge < -0.3 is 0 Å². The summed E-state index contributed by atoms with van der Waals surface area (Å²) in [5.74, 6) is -71.3. The van der Waals surface area contributed by atoms with E-state index in [0.717, 1.165) is 10.2 Å². The maximum Gasteiger partial charge on any atom is 0.248 e. The van der Waals surface area contributed by atoms with Crippen LogP contribution >= 0.6 is 15.9 Å². The van der Waals surface area contributed by atoms with Gasteiger partial charge in [-0.15, -0.1) is 21.9 Å². The van der Waals surface area contributed by atoms with Crippen LogP contribution < -0.4 is 26.4 Å². The Morgan fingerprint density at radius 1 is 0.377 bits per heavy atom. The van der Waals surface area contributed by atoms with Crippen LogP contribution in [0.4, 0.5) is 87.8 Å². The number of hydrogen-bond acceptors (Lipinski definition) is 1. The number of hydrogen-bond donors (Lipinski definition) is 0. The average Bonchev–Trinajstić information content (AvgIpc) is 3.24. The van der Waals surface area contributed by atoms with Crippen molar-refractivity contribution in [3.8, 4) is 0 Å². The molecule has 61 heavy (non-hydrogen) atoms. The third kappa shape index (κ3) is 7.36. The molecule has 0 atom stereocenters. The van der Waals surface area contributed by atoms with E-state index >= 15 is 35.1 Å². The van der Waals surface area contributed by atoms with Crippen LogP contribution in [0.15, 0.2) is 59.3 Å². The second-order valence-corrected chi connectivity index (χ2v) is 13.1. The maximum atomic E-state index is 15.4. The quantitative estimate of drug-likeness (QED) is 0.0300. The third-order valence-electron chi connectivity index (χ3n) is 9.00. The SMILES string of the molecule is Fc1c(F)c(F)c([B-](c2c(F)c(F)c(F)c(F)c2F)(c2c(F)c(F)c(F)c(F)c2F)c2c(F)c(F)c(F)c(F)c2F)c(F)c1F.O=C(C[n+]1ccccc1Br)c1ccccc1. The first-order chi connectivity index (χ1) is 28.5. The number of Topliss-reactive ketones (excluding diaryl/α,β-unsaturated/α-hetero) is 1. The summed E-state index contributed by atoms with van der Waals surface area (Å²) in [6.45, 7) is 0.353. The molecule has 1 heterocycles. The summed E-state index contributed by atoms with van der Waals surface area (Å²) in [6, 6.07) is 15.1. The molecule has 6 aromatic rings. The molecular formula is C37H11BBrF20NO. The first-order valence-electron chi connectivity index (χ1n) is 15.9. The summed E-state index contributed by atoms with van der Waals surface area (Å²) in [6.07, 6.45) is -5.34. The van der Waals surface area contributed by atoms with Crippen LogP contribution in [0, 0.1) is 116 Å². The first kappa shape index (κ1) is 46.1. The van der Waals surface area contributed by atoms with E-state index in [1.165, 1.54) is 0 Å². The molecule has 0 unspecified atom stereocenters. The van der Waals surface area contributed by atoms with Crippen molar-refractivity contribution in [2.45, 2.75) is 6.54 Å². The van der Waals surface area contributed by atoms with E-state index in [2.05, 4.69) is 15.9 Å². The summed E-state index contributed by atoms with van der Waals surface area (Å²) in [7, 11) is 0. The molecule has 0 amide bonds. The highest BCUT2D eigenvalue weighted by atomic mass is 79.9. The van der Waals surface area contributed by atoms with Gasteiger partial charge >= 0.3 is 0 Å². The lowest BCUT2D eigenvalue weighted by Gasteiger charge is -2.44. The molecule has 1 aromatic heterocycles. The summed E-state index contributed by atoms with van der Waals surface area (Å²) in [5, 5.41) is 0. The first-order valence-corrected chi connectivity index (χ1v) is 16.7. The summed E-state index contributed by atoms with van der Waals surface area (Å²) in [4.78, 5) is 11.9. The molecule has 0 aliphatic carbocycles. The smallest absolute Gasteiger partial charge is 0.248 e. The zero-order chi connectivity index (χ0) is 45.7. The van der Waals surface area contributed by atoms with Gasteiger partial charge in [-0.2, -0.15) is 4.57 Å². The summed E-state index contributed by atoms with van der Waals surface area (Å²) < 4.78 is 297. The van der Waals surface area contributed by atoms with Gasteiger partial charge in [0.2, 0.25) is 16.9 Å². The number of benzene rings is 5. The van der Waals surface area contributed by atoms with Gasteiger partial charge in [0.05, 0.1) is 0 Å². The van der Waals surface area contributed by atoms with Gasteiger partial charge in [0.25, 0.3) is 0 Å². The second-order valence-electron chi connectivity index (χ2n) is 12.2. The van der Waals surface area contributed by atoms with E-state index in [9.17, 15) is 57.5 Å². The van der Waals surface area contributed by atoms with Crippen molar-refractivity contribution >= 4 is 49.7 Å². The topological polar surface area (TPSA) is 20.9 Å². The number of aromatic nitrogens is 1. The highest BCUT2D eigenvalue weighted by Crippen LogP contribution is 2.30. The molecule has 6 rings (SSSR count). The van der Waals surface area contributed by atoms with Crippen LogP contribution in [-0.2, 0) is 6.54 Å². The third-order valence-corrected chi connectivity index (χ3v) is 9.72. The predicted molar refractivity (Wildman–Crippen MR) is 174 cm³/mol. The zero-order valence-corrected chi connectivity index (χ0v) is 30.4. The van der Waals surface area contributed by atoms with Crippen molar-refractivity contribution in [1.29, 1.82) is 0 Å². The molecule has 0 spiro atoms. The van der Waals surface area contributed by atoms with Gasteiger partial charge in [-0.25, -0.2) is 87.8 Å². The number of carbonyl (C=O) groups is 1. The highest BCUT2D eigenvalue weighted by molar-refractivity contribution is 9.10. The molecule has 0 saturated carbocycles. The van der Waals surface area contributed by atoms with Crippen LogP contribution in [0.3, 0.4) is 0 Å². The van der Waals surface area contributed by atoms with Gasteiger partial charge in [-0.1, -0.05) is 30.3 Å². The Morgan fingerprint density at radius 3 is 0.885 bits per heavy atom. The Kier molecular flexibility index (Phi) is 13.0. The fourth-order valence-corrected chi connectivity index (χ4v) is 6.72. The minimum Gasteiger partial charge on any atom is -0.287 e. The Labute approximate surface area is 334 Å². The number of rotatable bonds is 7. The Morgan fingerprint density at radius 2 is 0.623 bits per heavy atom. The average molecular weight is 956 g/mol. The van der Waals surface area contributed by atoms with E-state index in [1.54, 1.807) is 0 Å². The van der Waals surface area contributed by atoms with Crippen molar-refractivity contribution in [2.24, 2.45) is 0 Å². The molecule has 0 fully saturated rings. The summed E-state index contributed by atoms with van der Waals surface area (Å²) >= 11 is 3.41. The number of pyridine rings is 1. The van der Waals surface area contributed by atoms with Gasteiger partial charge in [-0.3, -0.25) is 4.79 Å². The minimum absolute atomic E-state index is 0.109. The van der Waals surface area contributed by atoms with Crippen LogP contribution in [0.1, 0.15) is 10.4 Å². The van der Waals surface area contributed by atoms with Crippen molar-refractivity contribution in [2.75, 3.05) is 0 Å². The van der Waals surface area contributed by atoms with Gasteiger partial charge in [-0.05, 0) is 6.07 Å². The molecule has 0 bridgehead atoms. The predicted octanol–water partition coefficient (Wildman–Crippen LogP) is 8.47. The van der Waals surface area contributed by atoms with Crippen molar-refractivity contribution in [3.63, 3.8) is 0 Å². The zero-order valence-electron chi connectivity index (χ0n) is 28.8. The van der Waals surface area contributed by atoms with E-state index in [4.69, 9.17) is 0 Å². The maximum absolute atomic E-state index is 15.4. The van der Waals surface area contributed by atoms with Crippen molar-refractivity contribution in [1.82, 2.24) is 0 Å². The largest absolute Gasteiger partial charge is 0.287 e. The number of nitrogens with zero attached hydrogens (tertiary/aromatic N) is 1. The molecule has 320 valence electrons. The Bertz CT molecular complexity index is 2390. The minimum atomic E-state index is -7.22. The molecule has 5 aromatic carbocycles. The van der Waals surface area contributed by atoms with Crippen LogP contribution in [0.25, 0.3) is 0 Å². The molecule has 2 nitrogen and oxygen atoms in total. The molecule has 0 radical (unpaired) electrons. The molecule has 24 heteroatoms.